The lowest BCUT2D eigenvalue weighted by molar-refractivity contribution is 0.421. The molecule has 1 aliphatic rings. The topological polar surface area (TPSA) is 53.0 Å². The fourth-order valence-electron chi connectivity index (χ4n) is 1.03. The Balaban J connectivity index is 2.34. The van der Waals surface area contributed by atoms with Gasteiger partial charge in [-0.3, -0.25) is 0 Å². The Hall–Kier alpha value is -0.820. The zero-order valence-electron chi connectivity index (χ0n) is 6.29. The molecule has 0 aliphatic heterocycles. The van der Waals surface area contributed by atoms with Crippen molar-refractivity contribution in [2.45, 2.75) is 25.3 Å². The number of hydrogen-bond acceptors (Lipinski definition) is 2. The Morgan fingerprint density at radius 3 is 2.73 bits per heavy atom. The van der Waals surface area contributed by atoms with Gasteiger partial charge in [0, 0.05) is 12.6 Å². The van der Waals surface area contributed by atoms with Crippen LogP contribution in [0, 0.1) is 11.3 Å². The highest BCUT2D eigenvalue weighted by molar-refractivity contribution is 7.80. The monoisotopic (exact) mass is 169 g/mol. The van der Waals surface area contributed by atoms with Crippen LogP contribution in [0.25, 0.3) is 0 Å². The number of thiocarbonyl (C=S) groups is 1. The third-order valence-corrected chi connectivity index (χ3v) is 1.97. The quantitative estimate of drug-likeness (QED) is 0.629. The highest BCUT2D eigenvalue weighted by Gasteiger charge is 2.29. The molecule has 0 aromatic carbocycles. The van der Waals surface area contributed by atoms with Crippen molar-refractivity contribution in [1.82, 2.24) is 4.90 Å². The fourth-order valence-corrected chi connectivity index (χ4v) is 1.27. The molecule has 0 saturated heterocycles. The summed E-state index contributed by atoms with van der Waals surface area (Å²) in [5.74, 6) is 0. The number of nitrogens with two attached hydrogens (primary N) is 1. The minimum atomic E-state index is 0.433. The van der Waals surface area contributed by atoms with Crippen LogP contribution in [0.3, 0.4) is 0 Å². The van der Waals surface area contributed by atoms with Gasteiger partial charge < -0.3 is 10.6 Å². The molecule has 60 valence electrons. The molecule has 0 atom stereocenters. The van der Waals surface area contributed by atoms with Crippen molar-refractivity contribution < 1.29 is 0 Å². The lowest BCUT2D eigenvalue weighted by Crippen LogP contribution is -2.37. The predicted octanol–water partition coefficient (Wildman–Crippen LogP) is 0.608. The molecule has 0 unspecified atom stereocenters. The number of nitrogens with zero attached hydrogens (tertiary/aromatic N) is 2. The average Bonchev–Trinajstić information content (AvgIpc) is 2.71. The Bertz CT molecular complexity index is 192. The van der Waals surface area contributed by atoms with E-state index in [1.165, 1.54) is 12.8 Å². The molecule has 1 rings (SSSR count). The first kappa shape index (κ1) is 8.28. The Morgan fingerprint density at radius 2 is 2.36 bits per heavy atom. The van der Waals surface area contributed by atoms with E-state index in [9.17, 15) is 0 Å². The van der Waals surface area contributed by atoms with Gasteiger partial charge in [-0.05, 0) is 25.1 Å². The van der Waals surface area contributed by atoms with E-state index in [4.69, 9.17) is 23.2 Å². The van der Waals surface area contributed by atoms with Crippen LogP contribution in [-0.4, -0.2) is 22.6 Å². The second kappa shape index (κ2) is 3.54. The molecule has 1 saturated carbocycles. The Kier molecular flexibility index (Phi) is 2.66. The molecule has 4 heteroatoms. The van der Waals surface area contributed by atoms with Crippen LogP contribution >= 0.6 is 12.2 Å². The van der Waals surface area contributed by atoms with Gasteiger partial charge in [0.2, 0.25) is 0 Å². The minimum Gasteiger partial charge on any atom is -0.376 e. The molecule has 0 amide bonds. The highest BCUT2D eigenvalue weighted by atomic mass is 32.1. The summed E-state index contributed by atoms with van der Waals surface area (Å²) in [6.45, 7) is 0.691. The van der Waals surface area contributed by atoms with Crippen LogP contribution in [0.2, 0.25) is 0 Å². The number of hydrogen-bond donors (Lipinski definition) is 1. The van der Waals surface area contributed by atoms with Gasteiger partial charge in [0.15, 0.2) is 5.11 Å². The molecule has 1 fully saturated rings. The van der Waals surface area contributed by atoms with E-state index in [1.807, 2.05) is 4.90 Å². The average molecular weight is 169 g/mol. The van der Waals surface area contributed by atoms with Gasteiger partial charge in [0.05, 0.1) is 12.5 Å². The summed E-state index contributed by atoms with van der Waals surface area (Å²) in [4.78, 5) is 1.94. The van der Waals surface area contributed by atoms with Crippen molar-refractivity contribution in [2.75, 3.05) is 6.54 Å². The molecule has 1 aliphatic carbocycles. The van der Waals surface area contributed by atoms with Crippen LogP contribution < -0.4 is 5.73 Å². The van der Waals surface area contributed by atoms with Crippen molar-refractivity contribution in [2.24, 2.45) is 5.73 Å². The zero-order chi connectivity index (χ0) is 8.27. The first-order valence-electron chi connectivity index (χ1n) is 3.68. The van der Waals surface area contributed by atoms with Gasteiger partial charge >= 0.3 is 0 Å². The maximum atomic E-state index is 8.34. The lowest BCUT2D eigenvalue weighted by atomic mass is 10.4. The third kappa shape index (κ3) is 2.35. The van der Waals surface area contributed by atoms with Gasteiger partial charge in [0.1, 0.15) is 0 Å². The molecule has 3 nitrogen and oxygen atoms in total. The van der Waals surface area contributed by atoms with Crippen molar-refractivity contribution in [3.05, 3.63) is 0 Å². The molecule has 0 radical (unpaired) electrons. The molecular weight excluding hydrogens is 158 g/mol. The maximum Gasteiger partial charge on any atom is 0.166 e. The Labute approximate surface area is 71.8 Å². The smallest absolute Gasteiger partial charge is 0.166 e. The summed E-state index contributed by atoms with van der Waals surface area (Å²) < 4.78 is 0. The van der Waals surface area contributed by atoms with Gasteiger partial charge in [-0.25, -0.2) is 0 Å². The maximum absolute atomic E-state index is 8.34. The summed E-state index contributed by atoms with van der Waals surface area (Å²) in [7, 11) is 0. The SMILES string of the molecule is N#CCCN(C(N)=S)C1CC1. The molecule has 11 heavy (non-hydrogen) atoms. The van der Waals surface area contributed by atoms with Gasteiger partial charge in [0.25, 0.3) is 0 Å². The first-order valence-corrected chi connectivity index (χ1v) is 4.09. The minimum absolute atomic E-state index is 0.433. The lowest BCUT2D eigenvalue weighted by Gasteiger charge is -2.20. The van der Waals surface area contributed by atoms with Crippen molar-refractivity contribution >= 4 is 17.3 Å². The molecule has 2 N–H and O–H groups in total. The summed E-state index contributed by atoms with van der Waals surface area (Å²) in [6.07, 6.45) is 2.85. The van der Waals surface area contributed by atoms with E-state index in [1.54, 1.807) is 0 Å². The molecule has 0 aromatic heterocycles. The van der Waals surface area contributed by atoms with E-state index in [-0.39, 0.29) is 0 Å². The molecule has 0 spiro atoms. The third-order valence-electron chi connectivity index (χ3n) is 1.74. The van der Waals surface area contributed by atoms with Crippen molar-refractivity contribution in [3.63, 3.8) is 0 Å². The van der Waals surface area contributed by atoms with E-state index >= 15 is 0 Å². The second-order valence-electron chi connectivity index (χ2n) is 2.67. The van der Waals surface area contributed by atoms with Crippen molar-refractivity contribution in [1.29, 1.82) is 5.26 Å². The highest BCUT2D eigenvalue weighted by Crippen LogP contribution is 2.26. The summed E-state index contributed by atoms with van der Waals surface area (Å²) in [5, 5.41) is 8.77. The Morgan fingerprint density at radius 1 is 1.73 bits per heavy atom. The molecular formula is C7H11N3S. The van der Waals surface area contributed by atoms with Crippen LogP contribution in [-0.2, 0) is 0 Å². The van der Waals surface area contributed by atoms with Crippen LogP contribution in [0.1, 0.15) is 19.3 Å². The zero-order valence-corrected chi connectivity index (χ0v) is 7.10. The van der Waals surface area contributed by atoms with Gasteiger partial charge in [-0.15, -0.1) is 0 Å². The summed E-state index contributed by atoms with van der Waals surface area (Å²) >= 11 is 4.84. The van der Waals surface area contributed by atoms with Gasteiger partial charge in [-0.2, -0.15) is 5.26 Å². The molecule has 0 aromatic rings. The van der Waals surface area contributed by atoms with Crippen LogP contribution in [0.4, 0.5) is 0 Å². The van der Waals surface area contributed by atoms with E-state index < -0.39 is 0 Å². The standard InChI is InChI=1S/C7H11N3S/c8-4-1-5-10(7(9)11)6-2-3-6/h6H,1-3,5H2,(H2,9,11). The fraction of sp³-hybridized carbons (Fsp3) is 0.714. The number of rotatable bonds is 3. The predicted molar refractivity (Wildman–Crippen MR) is 46.7 cm³/mol. The summed E-state index contributed by atoms with van der Waals surface area (Å²) in [5.41, 5.74) is 5.47. The first-order chi connectivity index (χ1) is 5.25. The second-order valence-corrected chi connectivity index (χ2v) is 3.09. The van der Waals surface area contributed by atoms with Gasteiger partial charge in [-0.1, -0.05) is 0 Å². The van der Waals surface area contributed by atoms with E-state index in [0.29, 0.717) is 24.1 Å². The number of nitriles is 1. The van der Waals surface area contributed by atoms with E-state index in [0.717, 1.165) is 0 Å². The van der Waals surface area contributed by atoms with Crippen LogP contribution in [0.5, 0.6) is 0 Å². The molecule has 0 heterocycles. The van der Waals surface area contributed by atoms with E-state index in [2.05, 4.69) is 6.07 Å². The largest absolute Gasteiger partial charge is 0.376 e. The molecule has 0 bridgehead atoms. The summed E-state index contributed by atoms with van der Waals surface area (Å²) in [6, 6.07) is 2.61. The van der Waals surface area contributed by atoms with Crippen molar-refractivity contribution in [3.8, 4) is 6.07 Å². The van der Waals surface area contributed by atoms with Crippen LogP contribution in [0.15, 0.2) is 0 Å². The normalized spacial score (nSPS) is 15.5.